The number of nitrogens with one attached hydrogen (secondary N) is 3. The number of likely N-dealkylation sites (tertiary alicyclic amines) is 1. The molecule has 7 heterocycles. The molecule has 3 amide bonds. The van der Waals surface area contributed by atoms with E-state index in [0.29, 0.717) is 80.4 Å². The predicted octanol–water partition coefficient (Wildman–Crippen LogP) is 9.73. The molecule has 2 fully saturated rings. The van der Waals surface area contributed by atoms with Crippen LogP contribution in [0.5, 0.6) is 5.75 Å². The number of carbonyl (C=O) groups excluding carboxylic acids is 3. The predicted molar refractivity (Wildman–Crippen MR) is 299 cm³/mol. The summed E-state index contributed by atoms with van der Waals surface area (Å²) in [5.41, 5.74) is 2.94. The summed E-state index contributed by atoms with van der Waals surface area (Å²) in [4.78, 5) is 61.0. The molecule has 15 nitrogen and oxygen atoms in total. The molecule has 23 heteroatoms. The minimum atomic E-state index is -4.64. The molecule has 0 spiro atoms. The van der Waals surface area contributed by atoms with Crippen molar-refractivity contribution in [2.45, 2.75) is 57.3 Å². The molecule has 6 aromatic rings. The monoisotopic (exact) mass is 1120 g/mol. The lowest BCUT2D eigenvalue weighted by atomic mass is 10.00. The first-order valence-electron chi connectivity index (χ1n) is 26.7. The third kappa shape index (κ3) is 12.6. The van der Waals surface area contributed by atoms with Crippen LogP contribution < -0.4 is 25.2 Å². The Kier molecular flexibility index (Phi) is 16.9. The molecule has 3 N–H and O–H groups in total. The number of piperazine rings is 1. The van der Waals surface area contributed by atoms with Crippen LogP contribution in [-0.2, 0) is 22.3 Å². The molecule has 3 aromatic carbocycles. The molecule has 0 atom stereocenters. The van der Waals surface area contributed by atoms with Crippen molar-refractivity contribution in [2.24, 2.45) is 0 Å². The van der Waals surface area contributed by atoms with Gasteiger partial charge in [0.2, 0.25) is 11.9 Å². The van der Waals surface area contributed by atoms with Gasteiger partial charge in [0, 0.05) is 101 Å². The maximum Gasteiger partial charge on any atom is 0.602 e. The molecule has 0 bridgehead atoms. The number of hydrogen-bond acceptors (Lipinski definition) is 11. The van der Waals surface area contributed by atoms with Gasteiger partial charge in [0.05, 0.1) is 33.6 Å². The Hall–Kier alpha value is -7.76. The van der Waals surface area contributed by atoms with Gasteiger partial charge in [-0.15, -0.1) is 11.3 Å². The fourth-order valence-corrected chi connectivity index (χ4v) is 11.5. The van der Waals surface area contributed by atoms with Gasteiger partial charge in [-0.05, 0) is 116 Å². The third-order valence-electron chi connectivity index (χ3n) is 15.1. The van der Waals surface area contributed by atoms with Crippen LogP contribution in [0, 0.1) is 5.82 Å². The van der Waals surface area contributed by atoms with E-state index in [-0.39, 0.29) is 65.3 Å². The molecule has 4 aliphatic rings. The van der Waals surface area contributed by atoms with Gasteiger partial charge in [0.15, 0.2) is 23.8 Å². The number of piperidine rings is 1. The number of anilines is 5. The van der Waals surface area contributed by atoms with E-state index in [1.807, 2.05) is 39.4 Å². The van der Waals surface area contributed by atoms with E-state index >= 15 is 4.39 Å². The van der Waals surface area contributed by atoms with Crippen LogP contribution in [0.4, 0.5) is 55.0 Å². The fraction of sp³-hybridized carbons (Fsp3) is 0.333. The molecule has 3 aromatic heterocycles. The number of rotatable bonds is 18. The smallest absolute Gasteiger partial charge is 0.484 e. The summed E-state index contributed by atoms with van der Waals surface area (Å²) >= 11 is 1.59. The number of aromatic amines is 1. The number of fused-ring (bicyclic) bond motifs is 2. The Morgan fingerprint density at radius 2 is 1.70 bits per heavy atom. The normalized spacial score (nSPS) is 16.9. The summed E-state index contributed by atoms with van der Waals surface area (Å²) in [5, 5.41) is 7.71. The molecule has 80 heavy (non-hydrogen) atoms. The summed E-state index contributed by atoms with van der Waals surface area (Å²) < 4.78 is 94.5. The number of halogens is 6. The van der Waals surface area contributed by atoms with E-state index in [1.54, 1.807) is 66.9 Å². The second-order valence-corrected chi connectivity index (χ2v) is 21.2. The number of alkyl halides is 3. The molecule has 0 unspecified atom stereocenters. The minimum Gasteiger partial charge on any atom is -0.484 e. The van der Waals surface area contributed by atoms with Crippen molar-refractivity contribution < 1.29 is 49.8 Å². The highest BCUT2D eigenvalue weighted by Crippen LogP contribution is 2.41. The number of nitrogens with zero attached hydrogens (tertiary/aromatic N) is 8. The van der Waals surface area contributed by atoms with Crippen molar-refractivity contribution in [3.05, 3.63) is 148 Å². The topological polar surface area (TPSA) is 145 Å². The van der Waals surface area contributed by atoms with Crippen molar-refractivity contribution in [2.75, 3.05) is 81.6 Å². The van der Waals surface area contributed by atoms with E-state index in [9.17, 15) is 36.2 Å². The number of aromatic nitrogens is 3. The van der Waals surface area contributed by atoms with E-state index in [4.69, 9.17) is 4.74 Å². The first-order valence-corrected chi connectivity index (χ1v) is 27.6. The maximum atomic E-state index is 15.0. The van der Waals surface area contributed by atoms with Crippen LogP contribution in [0.1, 0.15) is 71.3 Å². The van der Waals surface area contributed by atoms with Gasteiger partial charge in [-0.3, -0.25) is 24.2 Å². The number of benzene rings is 3. The van der Waals surface area contributed by atoms with Crippen LogP contribution in [0.15, 0.2) is 114 Å². The van der Waals surface area contributed by atoms with Crippen molar-refractivity contribution in [1.29, 1.82) is 0 Å². The van der Waals surface area contributed by atoms with Crippen molar-refractivity contribution >= 4 is 77.1 Å². The summed E-state index contributed by atoms with van der Waals surface area (Å²) in [7, 11) is -0.603. The molecule has 418 valence electrons. The number of hydrogen-bond donors (Lipinski definition) is 3. The average Bonchev–Trinajstić information content (AvgIpc) is 4.29. The van der Waals surface area contributed by atoms with Crippen LogP contribution in [0.3, 0.4) is 0 Å². The number of ether oxygens (including phenoxy) is 1. The Bertz CT molecular complexity index is 3320. The average molecular weight is 1120 g/mol. The zero-order valence-corrected chi connectivity index (χ0v) is 45.1. The molecule has 0 radical (unpaired) electrons. The zero-order chi connectivity index (χ0) is 56.1. The van der Waals surface area contributed by atoms with Crippen LogP contribution in [0.2, 0.25) is 0 Å². The van der Waals surface area contributed by atoms with E-state index in [1.165, 1.54) is 47.3 Å². The summed E-state index contributed by atoms with van der Waals surface area (Å²) in [6.45, 7) is 4.26. The number of carbonyl (C=O) groups is 3. The second kappa shape index (κ2) is 24.3. The standard InChI is InChI=1S/C57H60BF6N11O4S/c1-70-49-34-66-56(69-54(49)71(2)53-44(55(70)78)8-6-9-46(53)59)68-40-15-12-38(45(33-40)57(60,61)62)35-72-25-22-41(23-26-72)73-27-29-74(30-28-73)52(77)11-4-3-5-24-65-51(76)36-79-43-18-13-37(14-19-43)48-21-17-42(75(48)58(63)64)32-39-16-20-47(67-39)50-10-7-31-80-50/h6-10,12-21,31-34,41,58,67H,3-5,11,22-30,35-36H2,1-2H3,(H,65,76)(H,66,68,69)/b42-32-. The van der Waals surface area contributed by atoms with Crippen LogP contribution in [-0.4, -0.2) is 138 Å². The highest BCUT2D eigenvalue weighted by Gasteiger charge is 2.36. The molecule has 2 saturated heterocycles. The highest BCUT2D eigenvalue weighted by molar-refractivity contribution is 7.13. The van der Waals surface area contributed by atoms with Gasteiger partial charge in [-0.2, -0.15) is 18.2 Å². The number of unbranched alkanes of at least 4 members (excludes halogenated alkanes) is 2. The first kappa shape index (κ1) is 55.6. The van der Waals surface area contributed by atoms with Gasteiger partial charge in [0.25, 0.3) is 11.8 Å². The number of thiophene rings is 1. The first-order chi connectivity index (χ1) is 38.6. The van der Waals surface area contributed by atoms with Crippen molar-refractivity contribution in [3.63, 3.8) is 0 Å². The molecule has 0 aliphatic carbocycles. The SMILES string of the molecule is CN1C(=O)c2cccc(F)c2N(C)c2nc(Nc3ccc(CN4CCC(N5CCN(C(=O)CCCCCNC(=O)COc6ccc(C7=[N+]([BH-](F)F)/C(=C\c8ccc(-c9cccs9)[nH]8)C=C7)cc6)CC5)CC4)c(C(F)(F)F)c3)ncc21. The number of amides is 3. The quantitative estimate of drug-likeness (QED) is 0.0432. The summed E-state index contributed by atoms with van der Waals surface area (Å²) in [6.07, 6.45) is 5.92. The lowest BCUT2D eigenvalue weighted by Gasteiger charge is -2.43. The Morgan fingerprint density at radius 1 is 0.912 bits per heavy atom. The van der Waals surface area contributed by atoms with E-state index < -0.39 is 30.9 Å². The largest absolute Gasteiger partial charge is 0.602 e. The number of para-hydroxylation sites is 1. The van der Waals surface area contributed by atoms with Crippen LogP contribution in [0.25, 0.3) is 16.6 Å². The zero-order valence-electron chi connectivity index (χ0n) is 44.2. The van der Waals surface area contributed by atoms with Gasteiger partial charge < -0.3 is 48.2 Å². The molecular weight excluding hydrogens is 1060 g/mol. The lowest BCUT2D eigenvalue weighted by molar-refractivity contribution is -0.339. The van der Waals surface area contributed by atoms with Gasteiger partial charge >= 0.3 is 13.6 Å². The fourth-order valence-electron chi connectivity index (χ4n) is 10.8. The van der Waals surface area contributed by atoms with E-state index in [2.05, 4.69) is 30.5 Å². The van der Waals surface area contributed by atoms with Crippen molar-refractivity contribution in [3.8, 4) is 16.3 Å². The lowest BCUT2D eigenvalue weighted by Crippen LogP contribution is -2.54. The summed E-state index contributed by atoms with van der Waals surface area (Å²) in [6, 6.07) is 23.0. The Morgan fingerprint density at radius 3 is 2.44 bits per heavy atom. The maximum absolute atomic E-state index is 15.0. The van der Waals surface area contributed by atoms with Crippen molar-refractivity contribution in [1.82, 2.24) is 35.0 Å². The van der Waals surface area contributed by atoms with E-state index in [0.717, 1.165) is 59.2 Å². The Balaban J connectivity index is 0.614. The molecule has 10 rings (SSSR count). The second-order valence-electron chi connectivity index (χ2n) is 20.2. The number of H-pyrrole nitrogens is 1. The van der Waals surface area contributed by atoms with Gasteiger partial charge in [-0.25, -0.2) is 9.37 Å². The van der Waals surface area contributed by atoms with Gasteiger partial charge in [-0.1, -0.05) is 24.6 Å². The Labute approximate surface area is 463 Å². The number of allylic oxidation sites excluding steroid dienone is 2. The van der Waals surface area contributed by atoms with Gasteiger partial charge in [0.1, 0.15) is 17.3 Å². The molecule has 0 saturated carbocycles. The van der Waals surface area contributed by atoms with Crippen LogP contribution >= 0.6 is 11.3 Å². The summed E-state index contributed by atoms with van der Waals surface area (Å²) in [5.74, 6) is -0.685. The highest BCUT2D eigenvalue weighted by atomic mass is 32.1. The molecular formula is C57H60BF6N11O4S. The third-order valence-corrected chi connectivity index (χ3v) is 16.0. The molecule has 4 aliphatic heterocycles. The minimum absolute atomic E-state index is 0.0269.